The van der Waals surface area contributed by atoms with Crippen molar-refractivity contribution in [3.05, 3.63) is 39.6 Å². The summed E-state index contributed by atoms with van der Waals surface area (Å²) in [7, 11) is 1.67. The molecule has 0 spiro atoms. The van der Waals surface area contributed by atoms with Crippen LogP contribution in [0.15, 0.2) is 18.3 Å². The molecule has 1 aliphatic heterocycles. The van der Waals surface area contributed by atoms with Crippen LogP contribution >= 0.6 is 11.3 Å². The van der Waals surface area contributed by atoms with Crippen LogP contribution in [0.25, 0.3) is 0 Å². The summed E-state index contributed by atoms with van der Waals surface area (Å²) in [4.78, 5) is 24.4. The zero-order chi connectivity index (χ0) is 17.6. The largest absolute Gasteiger partial charge is 0.385 e. The second kappa shape index (κ2) is 8.60. The number of carbonyl (C=O) groups is 1. The SMILES string of the molecule is COCCCNC(=O)c1ccc([C@@H]2CCCN2Cc2cnc(C)[nH]2)s1. The molecule has 1 atom stereocenters. The van der Waals surface area contributed by atoms with Crippen molar-refractivity contribution in [3.63, 3.8) is 0 Å². The van der Waals surface area contributed by atoms with Gasteiger partial charge < -0.3 is 15.0 Å². The quantitative estimate of drug-likeness (QED) is 0.709. The second-order valence-corrected chi connectivity index (χ2v) is 7.54. The van der Waals surface area contributed by atoms with Gasteiger partial charge in [-0.2, -0.15) is 0 Å². The highest BCUT2D eigenvalue weighted by molar-refractivity contribution is 7.14. The number of amides is 1. The molecule has 2 aromatic rings. The molecular weight excluding hydrogens is 336 g/mol. The van der Waals surface area contributed by atoms with Gasteiger partial charge in [0.1, 0.15) is 5.82 Å². The van der Waals surface area contributed by atoms with E-state index in [1.165, 1.54) is 11.3 Å². The predicted molar refractivity (Wildman–Crippen MR) is 98.9 cm³/mol. The Morgan fingerprint density at radius 1 is 1.52 bits per heavy atom. The van der Waals surface area contributed by atoms with E-state index in [0.29, 0.717) is 19.2 Å². The molecule has 1 amide bonds. The number of nitrogens with one attached hydrogen (secondary N) is 2. The standard InChI is InChI=1S/C18H26N4O2S/c1-13-20-11-14(21-13)12-22-9-3-5-15(22)16-6-7-17(25-16)18(23)19-8-4-10-24-2/h6-7,11,15H,3-5,8-10,12H2,1-2H3,(H,19,23)(H,20,21)/t15-/m0/s1. The van der Waals surface area contributed by atoms with E-state index in [4.69, 9.17) is 4.74 Å². The maximum Gasteiger partial charge on any atom is 0.261 e. The summed E-state index contributed by atoms with van der Waals surface area (Å²) in [6.07, 6.45) is 5.08. The van der Waals surface area contributed by atoms with Gasteiger partial charge in [0.05, 0.1) is 4.88 Å². The number of H-pyrrole nitrogens is 1. The molecular formula is C18H26N4O2S. The molecule has 0 saturated carbocycles. The summed E-state index contributed by atoms with van der Waals surface area (Å²) in [6.45, 7) is 5.25. The molecule has 3 heterocycles. The average Bonchev–Trinajstić information content (AvgIpc) is 3.32. The Bertz CT molecular complexity index is 697. The lowest BCUT2D eigenvalue weighted by Crippen LogP contribution is -2.24. The van der Waals surface area contributed by atoms with Crippen LogP contribution < -0.4 is 5.32 Å². The van der Waals surface area contributed by atoms with E-state index in [1.54, 1.807) is 18.4 Å². The van der Waals surface area contributed by atoms with Crippen LogP contribution in [0.1, 0.15) is 51.4 Å². The summed E-state index contributed by atoms with van der Waals surface area (Å²) < 4.78 is 5.00. The van der Waals surface area contributed by atoms with Crippen LogP contribution in [0.4, 0.5) is 0 Å². The lowest BCUT2D eigenvalue weighted by atomic mass is 10.2. The van der Waals surface area contributed by atoms with Gasteiger partial charge in [-0.3, -0.25) is 9.69 Å². The van der Waals surface area contributed by atoms with Crippen molar-refractivity contribution in [1.82, 2.24) is 20.2 Å². The topological polar surface area (TPSA) is 70.2 Å². The molecule has 1 saturated heterocycles. The Morgan fingerprint density at radius 2 is 2.40 bits per heavy atom. The number of aromatic amines is 1. The molecule has 0 radical (unpaired) electrons. The minimum absolute atomic E-state index is 0.0149. The number of hydrogen-bond acceptors (Lipinski definition) is 5. The molecule has 0 aliphatic carbocycles. The fraction of sp³-hybridized carbons (Fsp3) is 0.556. The van der Waals surface area contributed by atoms with E-state index in [0.717, 1.165) is 42.3 Å². The zero-order valence-corrected chi connectivity index (χ0v) is 15.7. The number of aromatic nitrogens is 2. The number of imidazole rings is 1. The molecule has 1 fully saturated rings. The first-order valence-corrected chi connectivity index (χ1v) is 9.60. The summed E-state index contributed by atoms with van der Waals surface area (Å²) in [6, 6.07) is 4.45. The first-order valence-electron chi connectivity index (χ1n) is 8.79. The van der Waals surface area contributed by atoms with Gasteiger partial charge >= 0.3 is 0 Å². The van der Waals surface area contributed by atoms with Crippen molar-refractivity contribution < 1.29 is 9.53 Å². The molecule has 0 bridgehead atoms. The Kier molecular flexibility index (Phi) is 6.23. The predicted octanol–water partition coefficient (Wildman–Crippen LogP) is 2.88. The van der Waals surface area contributed by atoms with E-state index in [9.17, 15) is 4.79 Å². The van der Waals surface area contributed by atoms with Crippen LogP contribution in [0, 0.1) is 6.92 Å². The molecule has 3 rings (SSSR count). The van der Waals surface area contributed by atoms with Crippen molar-refractivity contribution in [1.29, 1.82) is 0 Å². The lowest BCUT2D eigenvalue weighted by Gasteiger charge is -2.22. The second-order valence-electron chi connectivity index (χ2n) is 6.43. The third kappa shape index (κ3) is 4.68. The first kappa shape index (κ1) is 18.1. The van der Waals surface area contributed by atoms with Gasteiger partial charge in [0.15, 0.2) is 0 Å². The van der Waals surface area contributed by atoms with Crippen molar-refractivity contribution >= 4 is 17.2 Å². The Labute approximate surface area is 152 Å². The lowest BCUT2D eigenvalue weighted by molar-refractivity contribution is 0.0952. The minimum Gasteiger partial charge on any atom is -0.385 e. The number of methoxy groups -OCH3 is 1. The molecule has 0 unspecified atom stereocenters. The van der Waals surface area contributed by atoms with Crippen molar-refractivity contribution in [2.45, 2.75) is 38.8 Å². The molecule has 6 nitrogen and oxygen atoms in total. The molecule has 2 aromatic heterocycles. The van der Waals surface area contributed by atoms with E-state index in [2.05, 4.69) is 26.3 Å². The molecule has 7 heteroatoms. The molecule has 0 aromatic carbocycles. The van der Waals surface area contributed by atoms with E-state index >= 15 is 0 Å². The van der Waals surface area contributed by atoms with Crippen molar-refractivity contribution in [3.8, 4) is 0 Å². The van der Waals surface area contributed by atoms with Crippen LogP contribution in [0.5, 0.6) is 0 Å². The highest BCUT2D eigenvalue weighted by Gasteiger charge is 2.28. The monoisotopic (exact) mass is 362 g/mol. The number of aryl methyl sites for hydroxylation is 1. The Balaban J connectivity index is 1.59. The summed E-state index contributed by atoms with van der Waals surface area (Å²) in [5, 5.41) is 2.96. The van der Waals surface area contributed by atoms with Gasteiger partial charge in [-0.05, 0) is 44.9 Å². The molecule has 136 valence electrons. The van der Waals surface area contributed by atoms with Gasteiger partial charge in [0.25, 0.3) is 5.91 Å². The zero-order valence-electron chi connectivity index (χ0n) is 14.9. The third-order valence-electron chi connectivity index (χ3n) is 4.48. The highest BCUT2D eigenvalue weighted by Crippen LogP contribution is 2.36. The number of rotatable bonds is 8. The normalized spacial score (nSPS) is 17.9. The van der Waals surface area contributed by atoms with Gasteiger partial charge in [0, 0.05) is 49.6 Å². The maximum absolute atomic E-state index is 12.2. The number of likely N-dealkylation sites (tertiary alicyclic amines) is 1. The van der Waals surface area contributed by atoms with E-state index < -0.39 is 0 Å². The number of carbonyl (C=O) groups excluding carboxylic acids is 1. The summed E-state index contributed by atoms with van der Waals surface area (Å²) in [5.74, 6) is 0.968. The number of hydrogen-bond donors (Lipinski definition) is 2. The van der Waals surface area contributed by atoms with Crippen LogP contribution in [-0.4, -0.2) is 47.6 Å². The maximum atomic E-state index is 12.2. The fourth-order valence-electron chi connectivity index (χ4n) is 3.27. The molecule has 1 aliphatic rings. The van der Waals surface area contributed by atoms with Crippen LogP contribution in [0.3, 0.4) is 0 Å². The highest BCUT2D eigenvalue weighted by atomic mass is 32.1. The average molecular weight is 362 g/mol. The van der Waals surface area contributed by atoms with Crippen LogP contribution in [-0.2, 0) is 11.3 Å². The number of thiophene rings is 1. The van der Waals surface area contributed by atoms with Gasteiger partial charge in [-0.25, -0.2) is 4.98 Å². The summed E-state index contributed by atoms with van der Waals surface area (Å²) >= 11 is 1.61. The number of nitrogens with zero attached hydrogens (tertiary/aromatic N) is 2. The Hall–Kier alpha value is -1.70. The summed E-state index contributed by atoms with van der Waals surface area (Å²) in [5.41, 5.74) is 1.15. The Morgan fingerprint density at radius 3 is 3.16 bits per heavy atom. The minimum atomic E-state index is 0.0149. The van der Waals surface area contributed by atoms with Crippen molar-refractivity contribution in [2.75, 3.05) is 26.8 Å². The van der Waals surface area contributed by atoms with E-state index in [1.807, 2.05) is 19.2 Å². The van der Waals surface area contributed by atoms with Gasteiger partial charge in [-0.1, -0.05) is 0 Å². The third-order valence-corrected chi connectivity index (χ3v) is 5.67. The van der Waals surface area contributed by atoms with Crippen LogP contribution in [0.2, 0.25) is 0 Å². The molecule has 2 N–H and O–H groups in total. The smallest absolute Gasteiger partial charge is 0.261 e. The number of ether oxygens (including phenoxy) is 1. The van der Waals surface area contributed by atoms with Crippen molar-refractivity contribution in [2.24, 2.45) is 0 Å². The fourth-order valence-corrected chi connectivity index (χ4v) is 4.36. The first-order chi connectivity index (χ1) is 12.2. The molecule has 25 heavy (non-hydrogen) atoms. The van der Waals surface area contributed by atoms with Gasteiger partial charge in [-0.15, -0.1) is 11.3 Å². The van der Waals surface area contributed by atoms with Gasteiger partial charge in [0.2, 0.25) is 0 Å². The van der Waals surface area contributed by atoms with E-state index in [-0.39, 0.29) is 5.91 Å².